The molecule has 6 rings (SSSR count). The fourth-order valence-electron chi connectivity index (χ4n) is 7.23. The molecule has 0 aliphatic carbocycles. The SMILES string of the molecule is CN=Cc1cncc(COc2cc(OCc3cccc(-c4cccc(COc5cc(OCc6cncc(C#N)c6)c(CN[C@@](C)(CO)C(=O)O)cc5Cl)c4C)c3C)c(Cl)cc2CNC(C)(CO)C(=O)O)c1. The van der Waals surface area contributed by atoms with E-state index in [1.165, 1.54) is 20.0 Å². The molecule has 0 amide bonds. The number of aromatic nitrogens is 2. The summed E-state index contributed by atoms with van der Waals surface area (Å²) in [7, 11) is 1.67. The largest absolute Gasteiger partial charge is 0.488 e. The maximum absolute atomic E-state index is 12.0. The van der Waals surface area contributed by atoms with E-state index in [0.717, 1.165) is 44.5 Å². The van der Waals surface area contributed by atoms with Crippen molar-refractivity contribution in [2.75, 3.05) is 20.3 Å². The average Bonchev–Trinajstić information content (AvgIpc) is 3.36. The number of carboxylic acid groups (broad SMARTS) is 2. The fourth-order valence-corrected chi connectivity index (χ4v) is 7.71. The second-order valence-corrected chi connectivity index (χ2v) is 17.9. The zero-order valence-electron chi connectivity index (χ0n) is 39.8. The molecule has 0 radical (unpaired) electrons. The van der Waals surface area contributed by atoms with Crippen molar-refractivity contribution in [3.8, 4) is 40.2 Å². The maximum Gasteiger partial charge on any atom is 0.326 e. The number of aliphatic hydroxyl groups excluding tert-OH is 2. The number of pyridine rings is 2. The van der Waals surface area contributed by atoms with Gasteiger partial charge in [0.1, 0.15) is 66.6 Å². The van der Waals surface area contributed by atoms with Crippen LogP contribution in [-0.2, 0) is 49.1 Å². The fraction of sp³-hybridized carbons (Fsp3) is 0.283. The molecule has 0 bridgehead atoms. The first kappa shape index (κ1) is 53.3. The number of aliphatic hydroxyl groups is 2. The van der Waals surface area contributed by atoms with Crippen molar-refractivity contribution < 1.29 is 49.0 Å². The van der Waals surface area contributed by atoms with Crippen molar-refractivity contribution in [2.45, 2.75) is 78.3 Å². The van der Waals surface area contributed by atoms with E-state index in [0.29, 0.717) is 45.3 Å². The van der Waals surface area contributed by atoms with Crippen LogP contribution in [0, 0.1) is 25.2 Å². The Morgan fingerprint density at radius 1 is 0.662 bits per heavy atom. The number of carbonyl (C=O) groups is 2. The summed E-state index contributed by atoms with van der Waals surface area (Å²) in [5, 5.41) is 54.9. The molecule has 2 atom stereocenters. The number of aliphatic carboxylic acids is 2. The van der Waals surface area contributed by atoms with Crippen LogP contribution in [0.25, 0.3) is 11.1 Å². The summed E-state index contributed by atoms with van der Waals surface area (Å²) in [4.78, 5) is 36.3. The Bertz CT molecular complexity index is 2970. The zero-order valence-corrected chi connectivity index (χ0v) is 41.3. The van der Waals surface area contributed by atoms with Crippen molar-refractivity contribution in [1.82, 2.24) is 20.6 Å². The first-order chi connectivity index (χ1) is 34.0. The van der Waals surface area contributed by atoms with E-state index in [1.54, 1.807) is 62.2 Å². The lowest BCUT2D eigenvalue weighted by atomic mass is 9.92. The first-order valence-corrected chi connectivity index (χ1v) is 23.0. The number of carboxylic acids is 2. The first-order valence-electron chi connectivity index (χ1n) is 22.2. The van der Waals surface area contributed by atoms with Crippen molar-refractivity contribution >= 4 is 41.4 Å². The molecule has 16 nitrogen and oxygen atoms in total. The number of hydrogen-bond acceptors (Lipinski definition) is 14. The van der Waals surface area contributed by atoms with Gasteiger partial charge in [-0.1, -0.05) is 59.6 Å². The third kappa shape index (κ3) is 13.4. The number of aliphatic imine (C=N–C) groups is 1. The predicted molar refractivity (Wildman–Crippen MR) is 268 cm³/mol. The average molecular weight is 1010 g/mol. The lowest BCUT2D eigenvalue weighted by molar-refractivity contribution is -0.146. The molecular weight excluding hydrogens is 952 g/mol. The summed E-state index contributed by atoms with van der Waals surface area (Å²) >= 11 is 13.6. The van der Waals surface area contributed by atoms with Gasteiger partial charge < -0.3 is 39.4 Å². The van der Waals surface area contributed by atoms with Crippen LogP contribution in [0.3, 0.4) is 0 Å². The van der Waals surface area contributed by atoms with Crippen LogP contribution >= 0.6 is 23.2 Å². The number of benzene rings is 4. The van der Waals surface area contributed by atoms with E-state index in [4.69, 9.17) is 42.1 Å². The zero-order chi connectivity index (χ0) is 51.3. The topological polar surface area (TPSA) is 238 Å². The normalized spacial score (nSPS) is 13.0. The lowest BCUT2D eigenvalue weighted by Gasteiger charge is -2.25. The standard InChI is InChI=1S/C53H54Cl2N6O10/c1-32-38(28-70-48-16-46(68-26-36-12-34(18-56)20-58-22-36)40(14-44(48)54)24-60-52(3,30-62)50(64)65)8-6-10-42(32)43-11-7-9-39(33(43)2)29-71-49-17-47(69-27-37-13-35(19-57-5)21-59-23-37)41(15-45(49)55)25-61-53(4,31-63)51(66)67/h6-17,19-23,60-63H,24-31H2,1-5H3,(H,64,65)(H,66,67)/t52-,53?/m0/s1. The third-order valence-corrected chi connectivity index (χ3v) is 12.5. The minimum atomic E-state index is -1.63. The molecule has 6 N–H and O–H groups in total. The van der Waals surface area contributed by atoms with E-state index < -0.39 is 36.2 Å². The van der Waals surface area contributed by atoms with E-state index in [2.05, 4.69) is 31.7 Å². The number of rotatable bonds is 24. The summed E-state index contributed by atoms with van der Waals surface area (Å²) in [5.41, 5.74) is 5.98. The Kier molecular flexibility index (Phi) is 18.1. The molecule has 0 saturated heterocycles. The monoisotopic (exact) mass is 1000 g/mol. The van der Waals surface area contributed by atoms with E-state index in [9.17, 15) is 35.3 Å². The van der Waals surface area contributed by atoms with Gasteiger partial charge in [-0.25, -0.2) is 0 Å². The molecule has 370 valence electrons. The number of nitrogens with one attached hydrogen (secondary N) is 2. The molecule has 2 heterocycles. The van der Waals surface area contributed by atoms with E-state index in [1.807, 2.05) is 56.3 Å². The number of halogens is 2. The number of ether oxygens (including phenoxy) is 4. The predicted octanol–water partition coefficient (Wildman–Crippen LogP) is 8.15. The van der Waals surface area contributed by atoms with Crippen molar-refractivity contribution in [3.05, 3.63) is 163 Å². The number of hydrogen-bond donors (Lipinski definition) is 6. The number of nitrogens with zero attached hydrogens (tertiary/aromatic N) is 4. The van der Waals surface area contributed by atoms with Gasteiger partial charge in [-0.2, -0.15) is 5.26 Å². The highest BCUT2D eigenvalue weighted by molar-refractivity contribution is 6.32. The Labute approximate surface area is 421 Å². The molecular formula is C53H54Cl2N6O10. The van der Waals surface area contributed by atoms with Crippen LogP contribution in [0.15, 0.2) is 103 Å². The van der Waals surface area contributed by atoms with Gasteiger partial charge in [0.2, 0.25) is 0 Å². The second kappa shape index (κ2) is 24.1. The summed E-state index contributed by atoms with van der Waals surface area (Å²) in [6.45, 7) is 5.90. The van der Waals surface area contributed by atoms with Crippen LogP contribution in [0.2, 0.25) is 10.0 Å². The van der Waals surface area contributed by atoms with Crippen LogP contribution in [0.1, 0.15) is 69.5 Å². The Balaban J connectivity index is 1.22. The molecule has 6 aromatic rings. The lowest BCUT2D eigenvalue weighted by Crippen LogP contribution is -2.52. The Morgan fingerprint density at radius 3 is 1.55 bits per heavy atom. The highest BCUT2D eigenvalue weighted by atomic mass is 35.5. The molecule has 4 aromatic carbocycles. The molecule has 71 heavy (non-hydrogen) atoms. The molecule has 0 spiro atoms. The molecule has 0 aliphatic heterocycles. The molecule has 0 aliphatic rings. The van der Waals surface area contributed by atoms with E-state index >= 15 is 0 Å². The van der Waals surface area contributed by atoms with Gasteiger partial charge in [-0.3, -0.25) is 35.2 Å². The van der Waals surface area contributed by atoms with Gasteiger partial charge in [0.05, 0.1) is 28.8 Å². The van der Waals surface area contributed by atoms with Gasteiger partial charge >= 0.3 is 11.9 Å². The van der Waals surface area contributed by atoms with Gasteiger partial charge in [0.25, 0.3) is 0 Å². The molecule has 1 unspecified atom stereocenters. The molecule has 18 heteroatoms. The van der Waals surface area contributed by atoms with Crippen LogP contribution in [0.4, 0.5) is 0 Å². The molecule has 0 saturated carbocycles. The van der Waals surface area contributed by atoms with Gasteiger partial charge in [0.15, 0.2) is 0 Å². The van der Waals surface area contributed by atoms with Gasteiger partial charge in [-0.05, 0) is 85.3 Å². The molecule has 2 aromatic heterocycles. The minimum Gasteiger partial charge on any atom is -0.488 e. The van der Waals surface area contributed by atoms with E-state index in [-0.39, 0.29) is 49.6 Å². The van der Waals surface area contributed by atoms with Crippen LogP contribution < -0.4 is 29.6 Å². The summed E-state index contributed by atoms with van der Waals surface area (Å²) in [6, 6.07) is 24.0. The minimum absolute atomic E-state index is 0.0108. The Hall–Kier alpha value is -7.10. The smallest absolute Gasteiger partial charge is 0.326 e. The Morgan fingerprint density at radius 2 is 1.11 bits per heavy atom. The summed E-state index contributed by atoms with van der Waals surface area (Å²) in [6.07, 6.45) is 8.06. The second-order valence-electron chi connectivity index (χ2n) is 17.1. The van der Waals surface area contributed by atoms with Gasteiger partial charge in [-0.15, -0.1) is 0 Å². The maximum atomic E-state index is 12.0. The highest BCUT2D eigenvalue weighted by Gasteiger charge is 2.33. The quantitative estimate of drug-likeness (QED) is 0.0314. The van der Waals surface area contributed by atoms with Crippen molar-refractivity contribution in [3.63, 3.8) is 0 Å². The summed E-state index contributed by atoms with van der Waals surface area (Å²) < 4.78 is 25.2. The highest BCUT2D eigenvalue weighted by Crippen LogP contribution is 2.38. The van der Waals surface area contributed by atoms with Crippen LogP contribution in [-0.4, -0.2) is 79.9 Å². The van der Waals surface area contributed by atoms with Gasteiger partial charge in [0, 0.05) is 91.1 Å². The third-order valence-electron chi connectivity index (χ3n) is 11.9. The summed E-state index contributed by atoms with van der Waals surface area (Å²) in [5.74, 6) is -1.08. The number of nitriles is 1. The van der Waals surface area contributed by atoms with Crippen LogP contribution in [0.5, 0.6) is 23.0 Å². The van der Waals surface area contributed by atoms with Crippen molar-refractivity contribution in [2.24, 2.45) is 4.99 Å². The van der Waals surface area contributed by atoms with Crippen molar-refractivity contribution in [1.29, 1.82) is 5.26 Å². The molecule has 0 fully saturated rings.